The lowest BCUT2D eigenvalue weighted by Crippen LogP contribution is -2.52. The van der Waals surface area contributed by atoms with Crippen molar-refractivity contribution < 1.29 is 38.1 Å². The van der Waals surface area contributed by atoms with Gasteiger partial charge in [0.2, 0.25) is 5.79 Å². The minimum atomic E-state index is -1.38. The fraction of sp³-hybridized carbons (Fsp3) is 0.593. The van der Waals surface area contributed by atoms with E-state index in [1.807, 2.05) is 0 Å². The van der Waals surface area contributed by atoms with Crippen LogP contribution in [-0.4, -0.2) is 56.2 Å². The first-order valence-corrected chi connectivity index (χ1v) is 12.7. The second kappa shape index (κ2) is 13.0. The van der Waals surface area contributed by atoms with E-state index < -0.39 is 36.0 Å². The van der Waals surface area contributed by atoms with E-state index in [-0.39, 0.29) is 29.4 Å². The molecule has 0 spiro atoms. The molecule has 1 N–H and O–H groups in total. The number of hydrogen-bond donors (Lipinski definition) is 1. The molecule has 3 atom stereocenters. The summed E-state index contributed by atoms with van der Waals surface area (Å²) in [6.07, 6.45) is 5.83. The maximum Gasteiger partial charge on any atom is 0.311 e. The van der Waals surface area contributed by atoms with Crippen LogP contribution in [0.5, 0.6) is 5.75 Å². The van der Waals surface area contributed by atoms with Gasteiger partial charge in [-0.05, 0) is 31.1 Å². The number of fused-ring (bicyclic) bond motifs is 1. The number of para-hydroxylation sites is 1. The molecule has 2 aliphatic rings. The fourth-order valence-electron chi connectivity index (χ4n) is 4.33. The lowest BCUT2D eigenvalue weighted by Gasteiger charge is -2.35. The Kier molecular flexibility index (Phi) is 10.0. The Morgan fingerprint density at radius 3 is 2.22 bits per heavy atom. The van der Waals surface area contributed by atoms with Crippen LogP contribution < -0.4 is 10.1 Å². The number of carbonyl (C=O) groups is 3. The number of hydrogen-bond acceptors (Lipinski definition) is 8. The SMILES string of the molecule is CCCCCC(=O)Oc1ccccc1C(=O)NC1=C[C@@H](OC(=O)CCCCC)[C@H]2O[C@H]2C1(OC)OC. The molecule has 0 radical (unpaired) electrons. The van der Waals surface area contributed by atoms with E-state index in [1.165, 1.54) is 14.2 Å². The van der Waals surface area contributed by atoms with Crippen molar-refractivity contribution in [1.29, 1.82) is 0 Å². The molecule has 198 valence electrons. The summed E-state index contributed by atoms with van der Waals surface area (Å²) in [7, 11) is 2.90. The summed E-state index contributed by atoms with van der Waals surface area (Å²) < 4.78 is 28.2. The lowest BCUT2D eigenvalue weighted by molar-refractivity contribution is -0.196. The molecule has 0 unspecified atom stereocenters. The minimum Gasteiger partial charge on any atom is -0.455 e. The van der Waals surface area contributed by atoms with Crippen LogP contribution in [0.25, 0.3) is 0 Å². The van der Waals surface area contributed by atoms with Gasteiger partial charge >= 0.3 is 11.9 Å². The van der Waals surface area contributed by atoms with Gasteiger partial charge in [0.15, 0.2) is 6.10 Å². The summed E-state index contributed by atoms with van der Waals surface area (Å²) in [5, 5.41) is 2.82. The third kappa shape index (κ3) is 6.52. The normalized spacial score (nSPS) is 21.7. The second-order valence-corrected chi connectivity index (χ2v) is 8.97. The quantitative estimate of drug-likeness (QED) is 0.133. The number of methoxy groups -OCH3 is 2. The molecule has 0 bridgehead atoms. The Morgan fingerprint density at radius 1 is 0.944 bits per heavy atom. The Bertz CT molecular complexity index is 955. The Balaban J connectivity index is 1.77. The molecule has 1 heterocycles. The van der Waals surface area contributed by atoms with Crippen LogP contribution in [0, 0.1) is 0 Å². The van der Waals surface area contributed by atoms with Crippen molar-refractivity contribution in [3.8, 4) is 5.75 Å². The summed E-state index contributed by atoms with van der Waals surface area (Å²) in [4.78, 5) is 37.9. The summed E-state index contributed by atoms with van der Waals surface area (Å²) in [5.74, 6) is -2.46. The standard InChI is InChI=1S/C27H37NO8/c1-5-7-9-15-22(29)34-19-14-12-11-13-18(19)26(31)28-21-17-20(35-23(30)16-10-8-6-2)24-25(36-24)27(21,32-3)33-4/h11-14,17,20,24-25H,5-10,15-16H2,1-4H3,(H,28,31)/t20-,24-,25-/m1/s1. The number of amides is 1. The number of rotatable bonds is 14. The lowest BCUT2D eigenvalue weighted by atomic mass is 9.95. The van der Waals surface area contributed by atoms with Gasteiger partial charge in [-0.25, -0.2) is 0 Å². The van der Waals surface area contributed by atoms with Crippen LogP contribution in [-0.2, 0) is 28.5 Å². The van der Waals surface area contributed by atoms with Crippen LogP contribution in [0.1, 0.15) is 75.6 Å². The van der Waals surface area contributed by atoms with Crippen molar-refractivity contribution >= 4 is 17.8 Å². The maximum atomic E-state index is 13.3. The molecular weight excluding hydrogens is 466 g/mol. The molecule has 1 amide bonds. The number of ether oxygens (including phenoxy) is 5. The summed E-state index contributed by atoms with van der Waals surface area (Å²) in [6, 6.07) is 6.51. The van der Waals surface area contributed by atoms with Crippen LogP contribution >= 0.6 is 0 Å². The highest BCUT2D eigenvalue weighted by Crippen LogP contribution is 2.46. The van der Waals surface area contributed by atoms with Crippen molar-refractivity contribution in [2.45, 2.75) is 89.3 Å². The molecule has 1 aliphatic heterocycles. The minimum absolute atomic E-state index is 0.160. The average Bonchev–Trinajstić information content (AvgIpc) is 3.67. The van der Waals surface area contributed by atoms with E-state index in [1.54, 1.807) is 30.3 Å². The molecule has 1 fully saturated rings. The molecule has 9 nitrogen and oxygen atoms in total. The summed E-state index contributed by atoms with van der Waals surface area (Å²) in [5.41, 5.74) is 0.432. The van der Waals surface area contributed by atoms with Gasteiger partial charge in [-0.15, -0.1) is 0 Å². The van der Waals surface area contributed by atoms with Gasteiger partial charge < -0.3 is 29.0 Å². The maximum absolute atomic E-state index is 13.3. The smallest absolute Gasteiger partial charge is 0.311 e. The zero-order chi connectivity index (χ0) is 26.1. The highest BCUT2D eigenvalue weighted by atomic mass is 16.7. The third-order valence-corrected chi connectivity index (χ3v) is 6.38. The number of unbranched alkanes of at least 4 members (excludes halogenated alkanes) is 4. The van der Waals surface area contributed by atoms with Crippen LogP contribution in [0.2, 0.25) is 0 Å². The zero-order valence-corrected chi connectivity index (χ0v) is 21.5. The molecular formula is C27H37NO8. The number of epoxide rings is 1. The van der Waals surface area contributed by atoms with E-state index in [2.05, 4.69) is 19.2 Å². The number of benzene rings is 1. The monoisotopic (exact) mass is 503 g/mol. The van der Waals surface area contributed by atoms with Crippen LogP contribution in [0.3, 0.4) is 0 Å². The van der Waals surface area contributed by atoms with Crippen molar-refractivity contribution in [1.82, 2.24) is 5.32 Å². The molecule has 1 aliphatic carbocycles. The van der Waals surface area contributed by atoms with Gasteiger partial charge in [-0.3, -0.25) is 14.4 Å². The third-order valence-electron chi connectivity index (χ3n) is 6.38. The molecule has 3 rings (SSSR count). The predicted molar refractivity (Wildman–Crippen MR) is 131 cm³/mol. The number of nitrogens with one attached hydrogen (secondary N) is 1. The van der Waals surface area contributed by atoms with Gasteiger partial charge in [0.1, 0.15) is 18.0 Å². The summed E-state index contributed by atoms with van der Waals surface area (Å²) >= 11 is 0. The largest absolute Gasteiger partial charge is 0.455 e. The zero-order valence-electron chi connectivity index (χ0n) is 21.5. The van der Waals surface area contributed by atoms with E-state index in [0.717, 1.165) is 38.5 Å². The Morgan fingerprint density at radius 2 is 1.58 bits per heavy atom. The van der Waals surface area contributed by atoms with Crippen molar-refractivity contribution in [2.24, 2.45) is 0 Å². The first-order chi connectivity index (χ1) is 17.4. The van der Waals surface area contributed by atoms with Gasteiger partial charge in [0.25, 0.3) is 5.91 Å². The van der Waals surface area contributed by atoms with Gasteiger partial charge in [0.05, 0.1) is 11.3 Å². The van der Waals surface area contributed by atoms with Gasteiger partial charge in [-0.2, -0.15) is 0 Å². The first kappa shape index (κ1) is 27.8. The highest BCUT2D eigenvalue weighted by Gasteiger charge is 2.65. The Labute approximate surface area is 212 Å². The fourth-order valence-corrected chi connectivity index (χ4v) is 4.33. The molecule has 0 saturated carbocycles. The van der Waals surface area contributed by atoms with E-state index in [0.29, 0.717) is 6.42 Å². The number of esters is 2. The van der Waals surface area contributed by atoms with Crippen molar-refractivity contribution in [2.75, 3.05) is 14.2 Å². The number of carbonyl (C=O) groups excluding carboxylic acids is 3. The molecule has 1 saturated heterocycles. The predicted octanol–water partition coefficient (Wildman–Crippen LogP) is 4.05. The first-order valence-electron chi connectivity index (χ1n) is 12.7. The van der Waals surface area contributed by atoms with Crippen LogP contribution in [0.4, 0.5) is 0 Å². The molecule has 0 aromatic heterocycles. The summed E-state index contributed by atoms with van der Waals surface area (Å²) in [6.45, 7) is 4.12. The van der Waals surface area contributed by atoms with Crippen molar-refractivity contribution in [3.05, 3.63) is 41.6 Å². The van der Waals surface area contributed by atoms with Crippen LogP contribution in [0.15, 0.2) is 36.0 Å². The topological polar surface area (TPSA) is 113 Å². The molecule has 1 aromatic carbocycles. The second-order valence-electron chi connectivity index (χ2n) is 8.97. The van der Waals surface area contributed by atoms with Gasteiger partial charge in [0, 0.05) is 27.1 Å². The van der Waals surface area contributed by atoms with E-state index >= 15 is 0 Å². The van der Waals surface area contributed by atoms with E-state index in [9.17, 15) is 14.4 Å². The highest BCUT2D eigenvalue weighted by molar-refractivity contribution is 5.98. The van der Waals surface area contributed by atoms with E-state index in [4.69, 9.17) is 23.7 Å². The molecule has 9 heteroatoms. The Hall–Kier alpha value is -2.75. The van der Waals surface area contributed by atoms with Gasteiger partial charge in [-0.1, -0.05) is 51.7 Å². The van der Waals surface area contributed by atoms with Crippen molar-refractivity contribution in [3.63, 3.8) is 0 Å². The average molecular weight is 504 g/mol. The molecule has 36 heavy (non-hydrogen) atoms. The molecule has 1 aromatic rings.